The van der Waals surface area contributed by atoms with Crippen molar-refractivity contribution in [2.75, 3.05) is 11.5 Å². The topological polar surface area (TPSA) is 97.7 Å². The summed E-state index contributed by atoms with van der Waals surface area (Å²) in [7, 11) is -7.89. The average Bonchev–Trinajstić information content (AvgIpc) is 2.33. The van der Waals surface area contributed by atoms with E-state index in [4.69, 9.17) is 4.55 Å². The fourth-order valence-corrected chi connectivity index (χ4v) is 3.55. The number of hydrogen-bond acceptors (Lipinski definition) is 6. The summed E-state index contributed by atoms with van der Waals surface area (Å²) in [5, 5.41) is 0. The molecule has 0 aliphatic carbocycles. The molecule has 1 N–H and O–H groups in total. The molecule has 0 atom stereocenters. The predicted octanol–water partition coefficient (Wildman–Crippen LogP) is 1.85. The molecule has 0 radical (unpaired) electrons. The molecule has 114 valence electrons. The van der Waals surface area contributed by atoms with E-state index in [1.54, 1.807) is 0 Å². The highest BCUT2D eigenvalue weighted by Crippen LogP contribution is 2.22. The van der Waals surface area contributed by atoms with Gasteiger partial charge in [-0.25, -0.2) is 4.39 Å². The van der Waals surface area contributed by atoms with Crippen LogP contribution in [0.1, 0.15) is 12.8 Å². The molecule has 1 rings (SSSR count). The molecule has 0 amide bonds. The highest BCUT2D eigenvalue weighted by atomic mass is 32.3. The minimum absolute atomic E-state index is 0.0165. The third kappa shape index (κ3) is 7.80. The minimum Gasteiger partial charge on any atom is -0.286 e. The van der Waals surface area contributed by atoms with E-state index in [2.05, 4.69) is 3.63 Å². The van der Waals surface area contributed by atoms with Crippen molar-refractivity contribution in [2.45, 2.75) is 17.7 Å². The van der Waals surface area contributed by atoms with Crippen LogP contribution in [0.25, 0.3) is 0 Å². The summed E-state index contributed by atoms with van der Waals surface area (Å²) in [6.07, 6.45) is 0.0642. The fraction of sp³-hybridized carbons (Fsp3) is 0.400. The fourth-order valence-electron chi connectivity index (χ4n) is 1.18. The van der Waals surface area contributed by atoms with Crippen molar-refractivity contribution in [1.82, 2.24) is 0 Å². The van der Waals surface area contributed by atoms with Crippen LogP contribution in [0.5, 0.6) is 0 Å². The lowest BCUT2D eigenvalue weighted by Crippen LogP contribution is -2.10. The number of benzene rings is 1. The van der Waals surface area contributed by atoms with Gasteiger partial charge in [0.1, 0.15) is 5.82 Å². The molecule has 6 nitrogen and oxygen atoms in total. The van der Waals surface area contributed by atoms with E-state index >= 15 is 0 Å². The average molecular weight is 344 g/mol. The Kier molecular flexibility index (Phi) is 6.40. The van der Waals surface area contributed by atoms with Gasteiger partial charge in [0, 0.05) is 16.9 Å². The van der Waals surface area contributed by atoms with E-state index in [1.165, 1.54) is 24.3 Å². The maximum absolute atomic E-state index is 12.6. The lowest BCUT2D eigenvalue weighted by atomic mass is 10.4. The summed E-state index contributed by atoms with van der Waals surface area (Å²) >= 11 is 0.577. The van der Waals surface area contributed by atoms with Crippen LogP contribution in [0, 0.1) is 5.82 Å². The normalized spacial score (nSPS) is 12.5. The van der Waals surface area contributed by atoms with Crippen LogP contribution >= 0.6 is 12.0 Å². The van der Waals surface area contributed by atoms with Crippen LogP contribution in [-0.4, -0.2) is 32.9 Å². The van der Waals surface area contributed by atoms with Gasteiger partial charge < -0.3 is 0 Å². The predicted molar refractivity (Wildman–Crippen MR) is 72.8 cm³/mol. The van der Waals surface area contributed by atoms with Crippen molar-refractivity contribution in [3.05, 3.63) is 30.1 Å². The first-order chi connectivity index (χ1) is 9.18. The second kappa shape index (κ2) is 7.36. The third-order valence-electron chi connectivity index (χ3n) is 2.09. The van der Waals surface area contributed by atoms with Crippen molar-refractivity contribution in [3.8, 4) is 0 Å². The van der Waals surface area contributed by atoms with E-state index in [9.17, 15) is 21.2 Å². The summed E-state index contributed by atoms with van der Waals surface area (Å²) in [4.78, 5) is 0.424. The van der Waals surface area contributed by atoms with Crippen LogP contribution in [0.3, 0.4) is 0 Å². The Morgan fingerprint density at radius 3 is 2.15 bits per heavy atom. The van der Waals surface area contributed by atoms with E-state index < -0.39 is 31.8 Å². The van der Waals surface area contributed by atoms with Crippen molar-refractivity contribution in [3.63, 3.8) is 0 Å². The molecule has 0 aliphatic heterocycles. The van der Waals surface area contributed by atoms with E-state index in [-0.39, 0.29) is 18.6 Å². The van der Waals surface area contributed by atoms with Gasteiger partial charge in [0.05, 0.1) is 11.5 Å². The molecule has 1 aromatic carbocycles. The molecule has 0 bridgehead atoms. The Balaban J connectivity index is 2.36. The second-order valence-electron chi connectivity index (χ2n) is 3.86. The SMILES string of the molecule is O=S(=O)(O)CCCCS(=O)(=O)OSc1ccc(F)cc1. The van der Waals surface area contributed by atoms with Crippen LogP contribution in [0.15, 0.2) is 29.2 Å². The van der Waals surface area contributed by atoms with Crippen molar-refractivity contribution in [1.29, 1.82) is 0 Å². The van der Waals surface area contributed by atoms with Crippen LogP contribution in [-0.2, 0) is 23.9 Å². The van der Waals surface area contributed by atoms with Crippen LogP contribution in [0.2, 0.25) is 0 Å². The molecule has 0 aromatic heterocycles. The van der Waals surface area contributed by atoms with E-state index in [1.807, 2.05) is 0 Å². The Morgan fingerprint density at radius 2 is 1.60 bits per heavy atom. The summed E-state index contributed by atoms with van der Waals surface area (Å²) in [5.41, 5.74) is 0. The monoisotopic (exact) mass is 344 g/mol. The highest BCUT2D eigenvalue weighted by Gasteiger charge is 2.13. The number of unbranched alkanes of at least 4 members (excludes halogenated alkanes) is 1. The van der Waals surface area contributed by atoms with Gasteiger partial charge in [-0.2, -0.15) is 20.5 Å². The second-order valence-corrected chi connectivity index (χ2v) is 8.14. The molecule has 10 heteroatoms. The maximum Gasteiger partial charge on any atom is 0.278 e. The Hall–Kier alpha value is -0.680. The van der Waals surface area contributed by atoms with Gasteiger partial charge in [-0.1, -0.05) is 0 Å². The molecule has 0 saturated heterocycles. The van der Waals surface area contributed by atoms with Gasteiger partial charge >= 0.3 is 0 Å². The molecule has 0 saturated carbocycles. The first-order valence-corrected chi connectivity index (χ1v) is 9.40. The summed E-state index contributed by atoms with van der Waals surface area (Å²) in [6.45, 7) is 0. The molecule has 0 spiro atoms. The number of halogens is 1. The third-order valence-corrected chi connectivity index (χ3v) is 5.25. The quantitative estimate of drug-likeness (QED) is 0.436. The first kappa shape index (κ1) is 17.4. The highest BCUT2D eigenvalue weighted by molar-refractivity contribution is 8.04. The zero-order chi connectivity index (χ0) is 15.2. The van der Waals surface area contributed by atoms with Crippen molar-refractivity contribution >= 4 is 32.3 Å². The Morgan fingerprint density at radius 1 is 1.05 bits per heavy atom. The largest absolute Gasteiger partial charge is 0.286 e. The minimum atomic E-state index is -4.08. The molecular weight excluding hydrogens is 331 g/mol. The zero-order valence-corrected chi connectivity index (χ0v) is 12.7. The molecule has 0 unspecified atom stereocenters. The van der Waals surface area contributed by atoms with Crippen LogP contribution in [0.4, 0.5) is 4.39 Å². The maximum atomic E-state index is 12.6. The van der Waals surface area contributed by atoms with Gasteiger partial charge in [-0.05, 0) is 37.1 Å². The van der Waals surface area contributed by atoms with Gasteiger partial charge in [-0.3, -0.25) is 4.55 Å². The number of rotatable bonds is 8. The van der Waals surface area contributed by atoms with Gasteiger partial charge in [-0.15, -0.1) is 0 Å². The summed E-state index contributed by atoms with van der Waals surface area (Å²) in [5.74, 6) is -1.30. The zero-order valence-electron chi connectivity index (χ0n) is 10.2. The lowest BCUT2D eigenvalue weighted by Gasteiger charge is -2.04. The van der Waals surface area contributed by atoms with Crippen molar-refractivity contribution < 1.29 is 29.4 Å². The first-order valence-electron chi connectivity index (χ1n) is 5.47. The number of hydrogen-bond donors (Lipinski definition) is 1. The Bertz CT molecular complexity index is 623. The molecule has 0 aliphatic rings. The van der Waals surface area contributed by atoms with Gasteiger partial charge in [0.15, 0.2) is 0 Å². The molecule has 1 aromatic rings. The smallest absolute Gasteiger partial charge is 0.278 e. The molecular formula is C10H13FO6S3. The summed E-state index contributed by atoms with van der Waals surface area (Å²) < 4.78 is 69.5. The van der Waals surface area contributed by atoms with Gasteiger partial charge in [0.25, 0.3) is 20.2 Å². The standard InChI is InChI=1S/C10H13FO6S3/c11-9-3-5-10(6-4-9)18-17-20(15,16)8-2-1-7-19(12,13)14/h3-6H,1-2,7-8H2,(H,12,13,14). The van der Waals surface area contributed by atoms with Crippen LogP contribution < -0.4 is 0 Å². The summed E-state index contributed by atoms with van der Waals surface area (Å²) in [6, 6.07) is 5.08. The van der Waals surface area contributed by atoms with E-state index in [0.29, 0.717) is 16.9 Å². The molecule has 0 heterocycles. The molecule has 0 fully saturated rings. The van der Waals surface area contributed by atoms with Gasteiger partial charge in [0.2, 0.25) is 0 Å². The lowest BCUT2D eigenvalue weighted by molar-refractivity contribution is 0.479. The van der Waals surface area contributed by atoms with E-state index in [0.717, 1.165) is 0 Å². The molecule has 20 heavy (non-hydrogen) atoms. The van der Waals surface area contributed by atoms with Crippen molar-refractivity contribution in [2.24, 2.45) is 0 Å². The Labute approximate surface area is 121 Å².